The first-order valence-corrected chi connectivity index (χ1v) is 7.52. The van der Waals surface area contributed by atoms with E-state index in [2.05, 4.69) is 6.58 Å². The number of carbonyl (C=O) groups is 1. The van der Waals surface area contributed by atoms with Gasteiger partial charge in [0, 0.05) is 0 Å². The van der Waals surface area contributed by atoms with E-state index in [1.807, 2.05) is 51.1 Å². The molecule has 0 heterocycles. The zero-order valence-corrected chi connectivity index (χ0v) is 14.1. The van der Waals surface area contributed by atoms with Crippen molar-refractivity contribution in [2.45, 2.75) is 27.4 Å². The fourth-order valence-electron chi connectivity index (χ4n) is 2.72. The van der Waals surface area contributed by atoms with Gasteiger partial charge >= 0.3 is 5.97 Å². The molecule has 3 nitrogen and oxygen atoms in total. The van der Waals surface area contributed by atoms with Gasteiger partial charge in [0.25, 0.3) is 0 Å². The molecule has 0 aromatic heterocycles. The van der Waals surface area contributed by atoms with Gasteiger partial charge in [0.2, 0.25) is 0 Å². The third kappa shape index (κ3) is 3.29. The highest BCUT2D eigenvalue weighted by Crippen LogP contribution is 2.34. The van der Waals surface area contributed by atoms with E-state index in [4.69, 9.17) is 9.47 Å². The molecule has 0 spiro atoms. The fourth-order valence-corrected chi connectivity index (χ4v) is 2.72. The maximum Gasteiger partial charge on any atom is 0.338 e. The molecule has 0 N–H and O–H groups in total. The average Bonchev–Trinajstić information content (AvgIpc) is 2.58. The number of hydrogen-bond acceptors (Lipinski definition) is 3. The SMILES string of the molecule is C=Cc1c(C)c(OCc2ccccc2)c(C)c(C)c1C(=O)OC. The molecule has 0 amide bonds. The second kappa shape index (κ2) is 7.14. The van der Waals surface area contributed by atoms with Crippen LogP contribution in [0.25, 0.3) is 6.08 Å². The predicted molar refractivity (Wildman–Crippen MR) is 92.9 cm³/mol. The molecule has 2 rings (SSSR count). The summed E-state index contributed by atoms with van der Waals surface area (Å²) in [6.07, 6.45) is 1.68. The van der Waals surface area contributed by atoms with Crippen LogP contribution >= 0.6 is 0 Å². The highest BCUT2D eigenvalue weighted by atomic mass is 16.5. The highest BCUT2D eigenvalue weighted by Gasteiger charge is 2.21. The first kappa shape index (κ1) is 16.8. The monoisotopic (exact) mass is 310 g/mol. The lowest BCUT2D eigenvalue weighted by Crippen LogP contribution is -2.11. The number of ether oxygens (including phenoxy) is 2. The Kier molecular flexibility index (Phi) is 5.22. The quantitative estimate of drug-likeness (QED) is 0.756. The van der Waals surface area contributed by atoms with Crippen molar-refractivity contribution in [1.29, 1.82) is 0 Å². The third-order valence-corrected chi connectivity index (χ3v) is 4.11. The molecule has 2 aromatic rings. The van der Waals surface area contributed by atoms with Crippen LogP contribution in [0.4, 0.5) is 0 Å². The second-order valence-electron chi connectivity index (χ2n) is 5.46. The van der Waals surface area contributed by atoms with E-state index in [0.29, 0.717) is 12.2 Å². The Bertz CT molecular complexity index is 731. The molecule has 0 saturated carbocycles. The van der Waals surface area contributed by atoms with Crippen molar-refractivity contribution in [2.24, 2.45) is 0 Å². The van der Waals surface area contributed by atoms with Crippen LogP contribution in [0.1, 0.15) is 38.2 Å². The van der Waals surface area contributed by atoms with Gasteiger partial charge in [-0.25, -0.2) is 4.79 Å². The van der Waals surface area contributed by atoms with Crippen molar-refractivity contribution >= 4 is 12.0 Å². The van der Waals surface area contributed by atoms with Crippen LogP contribution in [0, 0.1) is 20.8 Å². The lowest BCUT2D eigenvalue weighted by Gasteiger charge is -2.20. The number of benzene rings is 2. The van der Waals surface area contributed by atoms with Crippen LogP contribution in [0.3, 0.4) is 0 Å². The fraction of sp³-hybridized carbons (Fsp3) is 0.250. The summed E-state index contributed by atoms with van der Waals surface area (Å²) in [7, 11) is 1.39. The molecule has 3 heteroatoms. The molecule has 0 aliphatic heterocycles. The minimum absolute atomic E-state index is 0.349. The number of rotatable bonds is 5. The van der Waals surface area contributed by atoms with Crippen LogP contribution in [0.15, 0.2) is 36.9 Å². The maximum absolute atomic E-state index is 12.1. The van der Waals surface area contributed by atoms with Gasteiger partial charge in [-0.3, -0.25) is 0 Å². The largest absolute Gasteiger partial charge is 0.488 e. The molecule has 0 bridgehead atoms. The molecule has 23 heavy (non-hydrogen) atoms. The molecule has 120 valence electrons. The lowest BCUT2D eigenvalue weighted by molar-refractivity contribution is 0.0599. The van der Waals surface area contributed by atoms with Gasteiger partial charge in [0.05, 0.1) is 12.7 Å². The van der Waals surface area contributed by atoms with Crippen molar-refractivity contribution in [3.63, 3.8) is 0 Å². The molecule has 0 radical (unpaired) electrons. The number of esters is 1. The maximum atomic E-state index is 12.1. The smallest absolute Gasteiger partial charge is 0.338 e. The van der Waals surface area contributed by atoms with E-state index in [0.717, 1.165) is 33.6 Å². The summed E-state index contributed by atoms with van der Waals surface area (Å²) >= 11 is 0. The molecular formula is C20H22O3. The number of hydrogen-bond donors (Lipinski definition) is 0. The van der Waals surface area contributed by atoms with Crippen molar-refractivity contribution in [3.05, 3.63) is 70.3 Å². The van der Waals surface area contributed by atoms with Crippen molar-refractivity contribution in [1.82, 2.24) is 0 Å². The van der Waals surface area contributed by atoms with Crippen LogP contribution in [0.5, 0.6) is 5.75 Å². The Morgan fingerprint density at radius 3 is 2.30 bits per heavy atom. The Morgan fingerprint density at radius 2 is 1.74 bits per heavy atom. The van der Waals surface area contributed by atoms with Gasteiger partial charge in [0.15, 0.2) is 0 Å². The molecule has 0 aliphatic carbocycles. The third-order valence-electron chi connectivity index (χ3n) is 4.11. The van der Waals surface area contributed by atoms with E-state index in [-0.39, 0.29) is 5.97 Å². The van der Waals surface area contributed by atoms with Crippen molar-refractivity contribution < 1.29 is 14.3 Å². The summed E-state index contributed by atoms with van der Waals surface area (Å²) in [5, 5.41) is 0. The van der Waals surface area contributed by atoms with Crippen LogP contribution < -0.4 is 4.74 Å². The normalized spacial score (nSPS) is 10.3. The molecule has 0 fully saturated rings. The zero-order valence-electron chi connectivity index (χ0n) is 14.1. The van der Waals surface area contributed by atoms with E-state index in [1.165, 1.54) is 7.11 Å². The van der Waals surface area contributed by atoms with Gasteiger partial charge in [-0.05, 0) is 48.6 Å². The van der Waals surface area contributed by atoms with Crippen LogP contribution in [-0.2, 0) is 11.3 Å². The molecule has 0 unspecified atom stereocenters. The molecular weight excluding hydrogens is 288 g/mol. The summed E-state index contributed by atoms with van der Waals surface area (Å²) in [4.78, 5) is 12.1. The Hall–Kier alpha value is -2.55. The minimum atomic E-state index is -0.349. The number of methoxy groups -OCH3 is 1. The van der Waals surface area contributed by atoms with Crippen LogP contribution in [-0.4, -0.2) is 13.1 Å². The van der Waals surface area contributed by atoms with Gasteiger partial charge in [-0.15, -0.1) is 0 Å². The van der Waals surface area contributed by atoms with Gasteiger partial charge < -0.3 is 9.47 Å². The van der Waals surface area contributed by atoms with E-state index in [1.54, 1.807) is 6.08 Å². The molecule has 0 aliphatic rings. The molecule has 2 aromatic carbocycles. The van der Waals surface area contributed by atoms with E-state index >= 15 is 0 Å². The van der Waals surface area contributed by atoms with Crippen molar-refractivity contribution in [2.75, 3.05) is 7.11 Å². The molecule has 0 atom stereocenters. The number of carbonyl (C=O) groups excluding carboxylic acids is 1. The van der Waals surface area contributed by atoms with Crippen LogP contribution in [0.2, 0.25) is 0 Å². The topological polar surface area (TPSA) is 35.5 Å². The van der Waals surface area contributed by atoms with Crippen molar-refractivity contribution in [3.8, 4) is 5.75 Å². The Labute approximate surface area is 137 Å². The minimum Gasteiger partial charge on any atom is -0.488 e. The Balaban J connectivity index is 2.47. The molecule has 0 saturated heterocycles. The summed E-state index contributed by atoms with van der Waals surface area (Å²) in [5.41, 5.74) is 5.14. The summed E-state index contributed by atoms with van der Waals surface area (Å²) in [6, 6.07) is 9.99. The first-order chi connectivity index (χ1) is 11.0. The average molecular weight is 310 g/mol. The highest BCUT2D eigenvalue weighted by molar-refractivity contribution is 5.96. The summed E-state index contributed by atoms with van der Waals surface area (Å²) in [5.74, 6) is 0.451. The second-order valence-corrected chi connectivity index (χ2v) is 5.46. The van der Waals surface area contributed by atoms with Gasteiger partial charge in [-0.2, -0.15) is 0 Å². The first-order valence-electron chi connectivity index (χ1n) is 7.52. The standard InChI is InChI=1S/C20H22O3/c1-6-17-15(4)19(23-12-16-10-8-7-9-11-16)14(3)13(2)18(17)20(21)22-5/h6-11H,1,12H2,2-5H3. The van der Waals surface area contributed by atoms with Gasteiger partial charge in [-0.1, -0.05) is 43.0 Å². The summed E-state index contributed by atoms with van der Waals surface area (Å²) < 4.78 is 11.0. The lowest BCUT2D eigenvalue weighted by atomic mass is 9.92. The zero-order chi connectivity index (χ0) is 17.0. The Morgan fingerprint density at radius 1 is 1.09 bits per heavy atom. The van der Waals surface area contributed by atoms with E-state index in [9.17, 15) is 4.79 Å². The van der Waals surface area contributed by atoms with Gasteiger partial charge in [0.1, 0.15) is 12.4 Å². The van der Waals surface area contributed by atoms with E-state index < -0.39 is 0 Å². The predicted octanol–water partition coefficient (Wildman–Crippen LogP) is 4.62. The summed E-state index contributed by atoms with van der Waals surface area (Å²) in [6.45, 7) is 10.1.